The first-order valence-electron chi connectivity index (χ1n) is 7.66. The second kappa shape index (κ2) is 5.95. The molecule has 1 aromatic heterocycles. The summed E-state index contributed by atoms with van der Waals surface area (Å²) in [6, 6.07) is 1.97. The van der Waals surface area contributed by atoms with Crippen LogP contribution < -0.4 is 15.0 Å². The number of nitrogens with zero attached hydrogens (tertiary/aromatic N) is 3. The van der Waals surface area contributed by atoms with Gasteiger partial charge in [0.25, 0.3) is 0 Å². The highest BCUT2D eigenvalue weighted by atomic mass is 16.5. The zero-order valence-corrected chi connectivity index (χ0v) is 12.4. The van der Waals surface area contributed by atoms with Crippen molar-refractivity contribution in [2.75, 3.05) is 31.1 Å². The van der Waals surface area contributed by atoms with Crippen LogP contribution in [-0.4, -0.2) is 42.3 Å². The van der Waals surface area contributed by atoms with Crippen LogP contribution in [0.4, 0.5) is 5.82 Å². The SMILES string of the molecule is CC(C)Oc1cc(N2CC[C@@H]3CNC[C@@H]3CC2)ncn1. The second-order valence-corrected chi connectivity index (χ2v) is 6.12. The summed E-state index contributed by atoms with van der Waals surface area (Å²) in [5.41, 5.74) is 0. The lowest BCUT2D eigenvalue weighted by molar-refractivity contribution is 0.232. The molecule has 0 amide bonds. The van der Waals surface area contributed by atoms with Crippen molar-refractivity contribution in [1.29, 1.82) is 0 Å². The number of nitrogens with one attached hydrogen (secondary N) is 1. The monoisotopic (exact) mass is 276 g/mol. The molecule has 2 atom stereocenters. The van der Waals surface area contributed by atoms with Gasteiger partial charge in [-0.1, -0.05) is 0 Å². The highest BCUT2D eigenvalue weighted by Gasteiger charge is 2.30. The van der Waals surface area contributed by atoms with Crippen molar-refractivity contribution in [2.24, 2.45) is 11.8 Å². The standard InChI is InChI=1S/C15H24N4O/c1-11(2)20-15-7-14(17-10-18-15)19-5-3-12-8-16-9-13(12)4-6-19/h7,10-13,16H,3-6,8-9H2,1-2H3/t12-,13+. The molecule has 0 saturated carbocycles. The topological polar surface area (TPSA) is 50.3 Å². The fraction of sp³-hybridized carbons (Fsp3) is 0.733. The number of hydrogen-bond acceptors (Lipinski definition) is 5. The predicted octanol–water partition coefficient (Wildman–Crippen LogP) is 1.70. The van der Waals surface area contributed by atoms with Gasteiger partial charge in [0.2, 0.25) is 5.88 Å². The average molecular weight is 276 g/mol. The predicted molar refractivity (Wildman–Crippen MR) is 79.1 cm³/mol. The first-order chi connectivity index (χ1) is 9.72. The Kier molecular flexibility index (Phi) is 4.05. The molecule has 2 aliphatic heterocycles. The summed E-state index contributed by atoms with van der Waals surface area (Å²) < 4.78 is 5.66. The third kappa shape index (κ3) is 3.03. The summed E-state index contributed by atoms with van der Waals surface area (Å²) in [6.45, 7) is 8.57. The van der Waals surface area contributed by atoms with E-state index in [9.17, 15) is 0 Å². The van der Waals surface area contributed by atoms with Gasteiger partial charge < -0.3 is 15.0 Å². The molecule has 3 rings (SSSR count). The third-order valence-electron chi connectivity index (χ3n) is 4.33. The maximum atomic E-state index is 5.66. The minimum absolute atomic E-state index is 0.146. The van der Waals surface area contributed by atoms with Crippen LogP contribution in [0.1, 0.15) is 26.7 Å². The summed E-state index contributed by atoms with van der Waals surface area (Å²) in [6.07, 6.45) is 4.26. The van der Waals surface area contributed by atoms with Crippen LogP contribution in [0.5, 0.6) is 5.88 Å². The Balaban J connectivity index is 1.69. The van der Waals surface area contributed by atoms with Gasteiger partial charge in [-0.15, -0.1) is 0 Å². The van der Waals surface area contributed by atoms with Crippen molar-refractivity contribution in [3.8, 4) is 5.88 Å². The lowest BCUT2D eigenvalue weighted by Crippen LogP contribution is -2.26. The number of hydrogen-bond donors (Lipinski definition) is 1. The Morgan fingerprint density at radius 2 is 1.90 bits per heavy atom. The minimum atomic E-state index is 0.146. The fourth-order valence-corrected chi connectivity index (χ4v) is 3.26. The molecule has 1 aromatic rings. The molecule has 1 N–H and O–H groups in total. The summed E-state index contributed by atoms with van der Waals surface area (Å²) in [4.78, 5) is 11.0. The molecule has 0 aliphatic carbocycles. The van der Waals surface area contributed by atoms with Crippen LogP contribution in [0.25, 0.3) is 0 Å². The highest BCUT2D eigenvalue weighted by Crippen LogP contribution is 2.29. The summed E-state index contributed by atoms with van der Waals surface area (Å²) in [5.74, 6) is 3.36. The van der Waals surface area contributed by atoms with Crippen molar-refractivity contribution in [3.63, 3.8) is 0 Å². The van der Waals surface area contributed by atoms with Gasteiger partial charge in [-0.05, 0) is 51.6 Å². The molecule has 110 valence electrons. The minimum Gasteiger partial charge on any atom is -0.475 e. The third-order valence-corrected chi connectivity index (χ3v) is 4.33. The molecule has 2 saturated heterocycles. The number of anilines is 1. The highest BCUT2D eigenvalue weighted by molar-refractivity contribution is 5.41. The van der Waals surface area contributed by atoms with Crippen molar-refractivity contribution in [1.82, 2.24) is 15.3 Å². The molecular formula is C15H24N4O. The first kappa shape index (κ1) is 13.6. The van der Waals surface area contributed by atoms with Crippen molar-refractivity contribution in [2.45, 2.75) is 32.8 Å². The second-order valence-electron chi connectivity index (χ2n) is 6.12. The number of aromatic nitrogens is 2. The summed E-state index contributed by atoms with van der Waals surface area (Å²) in [7, 11) is 0. The van der Waals surface area contributed by atoms with Crippen molar-refractivity contribution in [3.05, 3.63) is 12.4 Å². The Hall–Kier alpha value is -1.36. The van der Waals surface area contributed by atoms with Gasteiger partial charge >= 0.3 is 0 Å². The van der Waals surface area contributed by atoms with Gasteiger partial charge in [-0.25, -0.2) is 9.97 Å². The molecule has 0 unspecified atom stereocenters. The van der Waals surface area contributed by atoms with Crippen LogP contribution in [0.3, 0.4) is 0 Å². The zero-order valence-electron chi connectivity index (χ0n) is 12.4. The smallest absolute Gasteiger partial charge is 0.218 e. The number of ether oxygens (including phenoxy) is 1. The Bertz CT molecular complexity index is 437. The molecule has 20 heavy (non-hydrogen) atoms. The van der Waals surface area contributed by atoms with E-state index < -0.39 is 0 Å². The van der Waals surface area contributed by atoms with E-state index >= 15 is 0 Å². The first-order valence-corrected chi connectivity index (χ1v) is 7.66. The van der Waals surface area contributed by atoms with Crippen LogP contribution >= 0.6 is 0 Å². The van der Waals surface area contributed by atoms with Crippen LogP contribution in [0, 0.1) is 11.8 Å². The molecule has 3 heterocycles. The zero-order chi connectivity index (χ0) is 13.9. The van der Waals surface area contributed by atoms with Gasteiger partial charge in [0.15, 0.2) is 0 Å². The Labute approximate surface area is 120 Å². The molecule has 0 radical (unpaired) electrons. The van der Waals surface area contributed by atoms with Crippen LogP contribution in [-0.2, 0) is 0 Å². The van der Waals surface area contributed by atoms with Gasteiger partial charge in [0.05, 0.1) is 6.10 Å². The normalized spacial score (nSPS) is 26.4. The van der Waals surface area contributed by atoms with E-state index in [0.29, 0.717) is 5.88 Å². The molecule has 2 aliphatic rings. The molecule has 5 nitrogen and oxygen atoms in total. The van der Waals surface area contributed by atoms with Gasteiger partial charge in [0.1, 0.15) is 12.1 Å². The quantitative estimate of drug-likeness (QED) is 0.910. The maximum absolute atomic E-state index is 5.66. The maximum Gasteiger partial charge on any atom is 0.218 e. The van der Waals surface area contributed by atoms with Gasteiger partial charge in [0, 0.05) is 19.2 Å². The van der Waals surface area contributed by atoms with Crippen molar-refractivity contribution >= 4 is 5.82 Å². The lowest BCUT2D eigenvalue weighted by Gasteiger charge is -2.22. The van der Waals surface area contributed by atoms with E-state index in [4.69, 9.17) is 4.74 Å². The van der Waals surface area contributed by atoms with E-state index in [-0.39, 0.29) is 6.10 Å². The largest absolute Gasteiger partial charge is 0.475 e. The molecule has 2 fully saturated rings. The summed E-state index contributed by atoms with van der Waals surface area (Å²) >= 11 is 0. The number of fused-ring (bicyclic) bond motifs is 1. The van der Waals surface area contributed by atoms with E-state index in [0.717, 1.165) is 30.7 Å². The molecule has 0 aromatic carbocycles. The molecule has 0 spiro atoms. The molecule has 5 heteroatoms. The van der Waals surface area contributed by atoms with Gasteiger partial charge in [-0.2, -0.15) is 0 Å². The fourth-order valence-electron chi connectivity index (χ4n) is 3.26. The Morgan fingerprint density at radius 1 is 1.20 bits per heavy atom. The Morgan fingerprint density at radius 3 is 2.55 bits per heavy atom. The van der Waals surface area contributed by atoms with Crippen LogP contribution in [0.2, 0.25) is 0 Å². The molecular weight excluding hydrogens is 252 g/mol. The molecule has 0 bridgehead atoms. The van der Waals surface area contributed by atoms with E-state index in [1.54, 1.807) is 6.33 Å². The van der Waals surface area contributed by atoms with Crippen LogP contribution in [0.15, 0.2) is 12.4 Å². The van der Waals surface area contributed by atoms with Crippen molar-refractivity contribution < 1.29 is 4.74 Å². The van der Waals surface area contributed by atoms with Gasteiger partial charge in [-0.3, -0.25) is 0 Å². The van der Waals surface area contributed by atoms with E-state index in [1.165, 1.54) is 25.9 Å². The lowest BCUT2D eigenvalue weighted by atomic mass is 9.92. The number of rotatable bonds is 3. The van der Waals surface area contributed by atoms with E-state index in [2.05, 4.69) is 20.2 Å². The van der Waals surface area contributed by atoms with E-state index in [1.807, 2.05) is 19.9 Å². The average Bonchev–Trinajstić information content (AvgIpc) is 2.77. The summed E-state index contributed by atoms with van der Waals surface area (Å²) in [5, 5.41) is 3.51.